The van der Waals surface area contributed by atoms with Crippen molar-refractivity contribution in [3.05, 3.63) is 78.0 Å². The van der Waals surface area contributed by atoms with Gasteiger partial charge in [-0.05, 0) is 49.6 Å². The second kappa shape index (κ2) is 11.7. The first-order valence-corrected chi connectivity index (χ1v) is 10.9. The molecular weight excluding hydrogens is 416 g/mol. The Bertz CT molecular complexity index is 1070. The normalized spacial score (nSPS) is 11.8. The zero-order valence-corrected chi connectivity index (χ0v) is 19.2. The lowest BCUT2D eigenvalue weighted by Crippen LogP contribution is -2.45. The predicted molar refractivity (Wildman–Crippen MR) is 130 cm³/mol. The van der Waals surface area contributed by atoms with E-state index in [1.165, 1.54) is 6.08 Å². The van der Waals surface area contributed by atoms with Crippen molar-refractivity contribution in [2.24, 2.45) is 0 Å². The summed E-state index contributed by atoms with van der Waals surface area (Å²) < 4.78 is 5.12. The van der Waals surface area contributed by atoms with Crippen LogP contribution in [-0.2, 0) is 16.0 Å². The summed E-state index contributed by atoms with van der Waals surface area (Å²) in [4.78, 5) is 26.4. The Morgan fingerprint density at radius 3 is 2.58 bits per heavy atom. The van der Waals surface area contributed by atoms with E-state index in [1.807, 2.05) is 60.7 Å². The van der Waals surface area contributed by atoms with E-state index in [1.54, 1.807) is 32.1 Å². The maximum atomic E-state index is 12.6. The number of hydrogen-bond donors (Lipinski definition) is 2. The van der Waals surface area contributed by atoms with Crippen LogP contribution in [0.5, 0.6) is 5.75 Å². The number of methoxy groups -OCH3 is 1. The molecule has 7 heteroatoms. The van der Waals surface area contributed by atoms with Crippen LogP contribution in [0.2, 0.25) is 0 Å². The Hall–Kier alpha value is -3.87. The third kappa shape index (κ3) is 7.07. The predicted octanol–water partition coefficient (Wildman–Crippen LogP) is 3.69. The molecule has 2 N–H and O–H groups in total. The minimum Gasteiger partial charge on any atom is -0.497 e. The molecule has 0 aliphatic heterocycles. The molecule has 1 aromatic heterocycles. The summed E-state index contributed by atoms with van der Waals surface area (Å²) in [5.74, 6) is 0.310. The molecule has 7 nitrogen and oxygen atoms in total. The standard InChI is InChI=1S/C26H30N4O3/c1-19(27-25(31)16-13-20-11-14-23(33-3)15-12-20)26(32)30(2)17-7-10-22-18-24(29-28-22)21-8-5-4-6-9-21/h4-6,8-9,11-16,18-19H,7,10,17H2,1-3H3,(H,27,31)(H,28,29). The van der Waals surface area contributed by atoms with E-state index in [2.05, 4.69) is 15.5 Å². The monoisotopic (exact) mass is 446 g/mol. The molecule has 1 atom stereocenters. The summed E-state index contributed by atoms with van der Waals surface area (Å²) in [6, 6.07) is 18.8. The van der Waals surface area contributed by atoms with Crippen molar-refractivity contribution in [1.82, 2.24) is 20.4 Å². The van der Waals surface area contributed by atoms with Crippen LogP contribution >= 0.6 is 0 Å². The maximum absolute atomic E-state index is 12.6. The summed E-state index contributed by atoms with van der Waals surface area (Å²) in [6.07, 6.45) is 4.69. The number of H-pyrrole nitrogens is 1. The molecule has 0 saturated carbocycles. The Balaban J connectivity index is 1.42. The zero-order chi connectivity index (χ0) is 23.6. The van der Waals surface area contributed by atoms with Crippen molar-refractivity contribution in [2.75, 3.05) is 20.7 Å². The minimum atomic E-state index is -0.611. The third-order valence-electron chi connectivity index (χ3n) is 5.29. The average Bonchev–Trinajstić information content (AvgIpc) is 3.32. The van der Waals surface area contributed by atoms with Crippen LogP contribution in [-0.4, -0.2) is 53.7 Å². The zero-order valence-electron chi connectivity index (χ0n) is 19.2. The van der Waals surface area contributed by atoms with Crippen molar-refractivity contribution in [3.63, 3.8) is 0 Å². The van der Waals surface area contributed by atoms with Crippen LogP contribution in [0.4, 0.5) is 0 Å². The molecule has 33 heavy (non-hydrogen) atoms. The van der Waals surface area contributed by atoms with Gasteiger partial charge in [-0.25, -0.2) is 0 Å². The van der Waals surface area contributed by atoms with Crippen LogP contribution in [0.15, 0.2) is 66.7 Å². The van der Waals surface area contributed by atoms with Crippen LogP contribution in [0.3, 0.4) is 0 Å². The highest BCUT2D eigenvalue weighted by Gasteiger charge is 2.18. The summed E-state index contributed by atoms with van der Waals surface area (Å²) in [5, 5.41) is 10.2. The van der Waals surface area contributed by atoms with E-state index < -0.39 is 6.04 Å². The van der Waals surface area contributed by atoms with Gasteiger partial charge in [0, 0.05) is 30.9 Å². The van der Waals surface area contributed by atoms with E-state index >= 15 is 0 Å². The molecule has 172 valence electrons. The lowest BCUT2D eigenvalue weighted by atomic mass is 10.1. The van der Waals surface area contributed by atoms with Gasteiger partial charge in [-0.2, -0.15) is 5.10 Å². The van der Waals surface area contributed by atoms with Crippen molar-refractivity contribution in [2.45, 2.75) is 25.8 Å². The summed E-state index contributed by atoms with van der Waals surface area (Å²) in [5.41, 5.74) is 3.88. The smallest absolute Gasteiger partial charge is 0.244 e. The molecular formula is C26H30N4O3. The Morgan fingerprint density at radius 2 is 1.88 bits per heavy atom. The fourth-order valence-corrected chi connectivity index (χ4v) is 3.40. The topological polar surface area (TPSA) is 87.3 Å². The summed E-state index contributed by atoms with van der Waals surface area (Å²) in [6.45, 7) is 2.28. The van der Waals surface area contributed by atoms with Gasteiger partial charge in [0.15, 0.2) is 0 Å². The molecule has 0 bridgehead atoms. The van der Waals surface area contributed by atoms with Gasteiger partial charge >= 0.3 is 0 Å². The lowest BCUT2D eigenvalue weighted by molar-refractivity contribution is -0.134. The van der Waals surface area contributed by atoms with E-state index in [0.717, 1.165) is 41.1 Å². The lowest BCUT2D eigenvalue weighted by Gasteiger charge is -2.21. The molecule has 0 aliphatic rings. The third-order valence-corrected chi connectivity index (χ3v) is 5.29. The SMILES string of the molecule is COc1ccc(C=CC(=O)NC(C)C(=O)N(C)CCCc2cc(-c3ccccc3)n[nH]2)cc1. The molecule has 1 heterocycles. The molecule has 0 radical (unpaired) electrons. The number of rotatable bonds is 10. The van der Waals surface area contributed by atoms with Gasteiger partial charge in [-0.15, -0.1) is 0 Å². The number of nitrogens with zero attached hydrogens (tertiary/aromatic N) is 2. The van der Waals surface area contributed by atoms with E-state index in [0.29, 0.717) is 6.54 Å². The fourth-order valence-electron chi connectivity index (χ4n) is 3.40. The van der Waals surface area contributed by atoms with Gasteiger partial charge in [0.1, 0.15) is 11.8 Å². The van der Waals surface area contributed by atoms with Crippen molar-refractivity contribution in [1.29, 1.82) is 0 Å². The molecule has 3 aromatic rings. The second-order valence-electron chi connectivity index (χ2n) is 7.84. The fraction of sp³-hybridized carbons (Fsp3) is 0.269. The Labute approximate surface area is 194 Å². The summed E-state index contributed by atoms with van der Waals surface area (Å²) in [7, 11) is 3.35. The van der Waals surface area contributed by atoms with E-state index in [4.69, 9.17) is 4.74 Å². The first-order chi connectivity index (χ1) is 16.0. The Morgan fingerprint density at radius 1 is 1.15 bits per heavy atom. The number of carbonyl (C=O) groups excluding carboxylic acids is 2. The number of aromatic amines is 1. The van der Waals surface area contributed by atoms with Crippen molar-refractivity contribution >= 4 is 17.9 Å². The number of aromatic nitrogens is 2. The van der Waals surface area contributed by atoms with Crippen molar-refractivity contribution in [3.8, 4) is 17.0 Å². The maximum Gasteiger partial charge on any atom is 0.244 e. The number of ether oxygens (including phenoxy) is 1. The van der Waals surface area contributed by atoms with E-state index in [-0.39, 0.29) is 11.8 Å². The van der Waals surface area contributed by atoms with Gasteiger partial charge in [0.25, 0.3) is 0 Å². The van der Waals surface area contributed by atoms with Crippen LogP contribution in [0.25, 0.3) is 17.3 Å². The number of amides is 2. The number of aryl methyl sites for hydroxylation is 1. The quantitative estimate of drug-likeness (QED) is 0.465. The first kappa shape index (κ1) is 23.8. The molecule has 0 saturated heterocycles. The molecule has 2 amide bonds. The largest absolute Gasteiger partial charge is 0.497 e. The molecule has 1 unspecified atom stereocenters. The highest BCUT2D eigenvalue weighted by molar-refractivity contribution is 5.95. The number of likely N-dealkylation sites (N-methyl/N-ethyl adjacent to an activating group) is 1. The molecule has 0 fully saturated rings. The first-order valence-electron chi connectivity index (χ1n) is 10.9. The average molecular weight is 447 g/mol. The Kier molecular flexibility index (Phi) is 8.41. The highest BCUT2D eigenvalue weighted by Crippen LogP contribution is 2.17. The van der Waals surface area contributed by atoms with Gasteiger partial charge < -0.3 is 15.0 Å². The van der Waals surface area contributed by atoms with Crippen molar-refractivity contribution < 1.29 is 14.3 Å². The molecule has 3 rings (SSSR count). The molecule has 0 spiro atoms. The highest BCUT2D eigenvalue weighted by atomic mass is 16.5. The second-order valence-corrected chi connectivity index (χ2v) is 7.84. The van der Waals surface area contributed by atoms with Crippen LogP contribution in [0, 0.1) is 0 Å². The number of benzene rings is 2. The number of carbonyl (C=O) groups is 2. The van der Waals surface area contributed by atoms with Gasteiger partial charge in [-0.3, -0.25) is 14.7 Å². The van der Waals surface area contributed by atoms with E-state index in [9.17, 15) is 9.59 Å². The molecule has 2 aromatic carbocycles. The van der Waals surface area contributed by atoms with Crippen LogP contribution < -0.4 is 10.1 Å². The van der Waals surface area contributed by atoms with Gasteiger partial charge in [0.2, 0.25) is 11.8 Å². The van der Waals surface area contributed by atoms with Crippen LogP contribution in [0.1, 0.15) is 24.6 Å². The number of hydrogen-bond acceptors (Lipinski definition) is 4. The minimum absolute atomic E-state index is 0.129. The van der Waals surface area contributed by atoms with Gasteiger partial charge in [-0.1, -0.05) is 42.5 Å². The van der Waals surface area contributed by atoms with Gasteiger partial charge in [0.05, 0.1) is 12.8 Å². The molecule has 0 aliphatic carbocycles. The number of nitrogens with one attached hydrogen (secondary N) is 2. The summed E-state index contributed by atoms with van der Waals surface area (Å²) >= 11 is 0.